The number of benzene rings is 2. The number of rotatable bonds is 3. The van der Waals surface area contributed by atoms with Crippen molar-refractivity contribution in [2.24, 2.45) is 0 Å². The molecule has 2 aromatic carbocycles. The van der Waals surface area contributed by atoms with E-state index in [2.05, 4.69) is 15.2 Å². The summed E-state index contributed by atoms with van der Waals surface area (Å²) in [5.74, 6) is 2.05. The second-order valence-electron chi connectivity index (χ2n) is 4.47. The normalized spacial score (nSPS) is 10.6. The molecule has 0 spiro atoms. The average molecular weight is 301 g/mol. The summed E-state index contributed by atoms with van der Waals surface area (Å²) in [4.78, 5) is 4.47. The van der Waals surface area contributed by atoms with Crippen molar-refractivity contribution in [2.45, 2.75) is 0 Å². The Hall–Kier alpha value is -2.53. The number of nitrogens with one attached hydrogen (secondary N) is 1. The monoisotopic (exact) mass is 300 g/mol. The van der Waals surface area contributed by atoms with Gasteiger partial charge < -0.3 is 10.5 Å². The Bertz CT molecular complexity index is 768. The van der Waals surface area contributed by atoms with Crippen LogP contribution in [0.1, 0.15) is 0 Å². The van der Waals surface area contributed by atoms with Crippen LogP contribution < -0.4 is 10.5 Å². The molecule has 0 aliphatic rings. The van der Waals surface area contributed by atoms with Crippen molar-refractivity contribution in [3.05, 3.63) is 47.5 Å². The van der Waals surface area contributed by atoms with Crippen LogP contribution in [0.25, 0.3) is 22.8 Å². The molecule has 0 aliphatic carbocycles. The molecule has 0 saturated carbocycles. The molecule has 5 nitrogen and oxygen atoms in total. The molecule has 1 heterocycles. The number of H-pyrrole nitrogens is 1. The number of methoxy groups -OCH3 is 1. The smallest absolute Gasteiger partial charge is 0.181 e. The summed E-state index contributed by atoms with van der Waals surface area (Å²) in [6, 6.07) is 12.9. The Morgan fingerprint density at radius 1 is 1.10 bits per heavy atom. The van der Waals surface area contributed by atoms with Crippen molar-refractivity contribution in [3.63, 3.8) is 0 Å². The summed E-state index contributed by atoms with van der Waals surface area (Å²) < 4.78 is 5.13. The van der Waals surface area contributed by atoms with Gasteiger partial charge in [0.25, 0.3) is 0 Å². The lowest BCUT2D eigenvalue weighted by molar-refractivity contribution is 0.415. The SMILES string of the molecule is COc1ccc(-c2nc(-c3ccc(Cl)c(N)c3)n[nH]2)cc1. The van der Waals surface area contributed by atoms with Crippen molar-refractivity contribution in [3.8, 4) is 28.5 Å². The molecule has 106 valence electrons. The van der Waals surface area contributed by atoms with Crippen LogP contribution in [0.15, 0.2) is 42.5 Å². The number of hydrogen-bond acceptors (Lipinski definition) is 4. The third-order valence-electron chi connectivity index (χ3n) is 3.10. The number of halogens is 1. The van der Waals surface area contributed by atoms with Crippen molar-refractivity contribution in [1.82, 2.24) is 15.2 Å². The van der Waals surface area contributed by atoms with E-state index < -0.39 is 0 Å². The number of nitrogen functional groups attached to an aromatic ring is 1. The highest BCUT2D eigenvalue weighted by Crippen LogP contribution is 2.26. The quantitative estimate of drug-likeness (QED) is 0.727. The lowest BCUT2D eigenvalue weighted by Crippen LogP contribution is -1.88. The predicted molar refractivity (Wildman–Crippen MR) is 83.2 cm³/mol. The minimum atomic E-state index is 0.505. The Labute approximate surface area is 126 Å². The van der Waals surface area contributed by atoms with Crippen LogP contribution in [-0.4, -0.2) is 22.3 Å². The van der Waals surface area contributed by atoms with Gasteiger partial charge in [-0.25, -0.2) is 4.98 Å². The Morgan fingerprint density at radius 2 is 1.81 bits per heavy atom. The fourth-order valence-electron chi connectivity index (χ4n) is 1.95. The maximum Gasteiger partial charge on any atom is 0.181 e. The highest BCUT2D eigenvalue weighted by Gasteiger charge is 2.09. The molecule has 0 saturated heterocycles. The molecule has 0 bridgehead atoms. The zero-order valence-electron chi connectivity index (χ0n) is 11.3. The van der Waals surface area contributed by atoms with E-state index in [1.165, 1.54) is 0 Å². The Kier molecular flexibility index (Phi) is 3.50. The van der Waals surface area contributed by atoms with Gasteiger partial charge in [-0.15, -0.1) is 0 Å². The third-order valence-corrected chi connectivity index (χ3v) is 3.45. The molecule has 0 atom stereocenters. The number of aromatic nitrogens is 3. The topological polar surface area (TPSA) is 76.8 Å². The first-order valence-corrected chi connectivity index (χ1v) is 6.67. The second-order valence-corrected chi connectivity index (χ2v) is 4.88. The van der Waals surface area contributed by atoms with Gasteiger partial charge in [-0.2, -0.15) is 5.10 Å². The number of hydrogen-bond donors (Lipinski definition) is 2. The van der Waals surface area contributed by atoms with E-state index in [0.29, 0.717) is 22.4 Å². The van der Waals surface area contributed by atoms with E-state index in [0.717, 1.165) is 16.9 Å². The number of nitrogens with zero attached hydrogens (tertiary/aromatic N) is 2. The molecular formula is C15H13ClN4O. The average Bonchev–Trinajstić information content (AvgIpc) is 3.00. The van der Waals surface area contributed by atoms with Crippen molar-refractivity contribution >= 4 is 17.3 Å². The number of ether oxygens (including phenoxy) is 1. The highest BCUT2D eigenvalue weighted by atomic mass is 35.5. The molecule has 0 fully saturated rings. The Morgan fingerprint density at radius 3 is 2.48 bits per heavy atom. The lowest BCUT2D eigenvalue weighted by atomic mass is 10.2. The van der Waals surface area contributed by atoms with Gasteiger partial charge in [0.2, 0.25) is 0 Å². The molecule has 3 N–H and O–H groups in total. The first-order valence-electron chi connectivity index (χ1n) is 6.29. The van der Waals surface area contributed by atoms with Crippen LogP contribution in [0, 0.1) is 0 Å². The van der Waals surface area contributed by atoms with Gasteiger partial charge in [0, 0.05) is 11.1 Å². The molecule has 0 unspecified atom stereocenters. The van der Waals surface area contributed by atoms with E-state index in [1.807, 2.05) is 30.3 Å². The van der Waals surface area contributed by atoms with Gasteiger partial charge in [-0.3, -0.25) is 5.10 Å². The minimum absolute atomic E-state index is 0.505. The Balaban J connectivity index is 1.93. The van der Waals surface area contributed by atoms with Crippen LogP contribution >= 0.6 is 11.6 Å². The van der Waals surface area contributed by atoms with Gasteiger partial charge in [-0.1, -0.05) is 11.6 Å². The van der Waals surface area contributed by atoms with Crippen LogP contribution in [0.5, 0.6) is 5.75 Å². The molecule has 1 aromatic heterocycles. The van der Waals surface area contributed by atoms with E-state index in [4.69, 9.17) is 22.1 Å². The first kappa shape index (κ1) is 13.5. The number of nitrogens with two attached hydrogens (primary N) is 1. The summed E-state index contributed by atoms with van der Waals surface area (Å²) in [6.45, 7) is 0. The van der Waals surface area contributed by atoms with Crippen molar-refractivity contribution in [2.75, 3.05) is 12.8 Å². The molecule has 0 aliphatic heterocycles. The molecule has 6 heteroatoms. The maximum absolute atomic E-state index is 5.91. The lowest BCUT2D eigenvalue weighted by Gasteiger charge is -2.00. The molecule has 0 radical (unpaired) electrons. The second kappa shape index (κ2) is 5.46. The van der Waals surface area contributed by atoms with Crippen molar-refractivity contribution < 1.29 is 4.74 Å². The molecule has 3 aromatic rings. The van der Waals surface area contributed by atoms with Crippen LogP contribution in [-0.2, 0) is 0 Å². The molecule has 3 rings (SSSR count). The summed E-state index contributed by atoms with van der Waals surface area (Å²) in [5.41, 5.74) is 8.04. The van der Waals surface area contributed by atoms with Crippen molar-refractivity contribution in [1.29, 1.82) is 0 Å². The van der Waals surface area contributed by atoms with E-state index in [-0.39, 0.29) is 0 Å². The summed E-state index contributed by atoms with van der Waals surface area (Å²) >= 11 is 5.91. The van der Waals surface area contributed by atoms with Gasteiger partial charge in [0.1, 0.15) is 5.75 Å². The van der Waals surface area contributed by atoms with Gasteiger partial charge >= 0.3 is 0 Å². The maximum atomic E-state index is 5.91. The standard InChI is InChI=1S/C15H13ClN4O/c1-21-11-5-2-9(3-6-11)14-18-15(20-19-14)10-4-7-12(16)13(17)8-10/h2-8H,17H2,1H3,(H,18,19,20). The minimum Gasteiger partial charge on any atom is -0.497 e. The zero-order chi connectivity index (χ0) is 14.8. The van der Waals surface area contributed by atoms with Gasteiger partial charge in [0.15, 0.2) is 11.6 Å². The summed E-state index contributed by atoms with van der Waals surface area (Å²) in [7, 11) is 1.63. The van der Waals surface area contributed by atoms with Crippen LogP contribution in [0.4, 0.5) is 5.69 Å². The van der Waals surface area contributed by atoms with Gasteiger partial charge in [-0.05, 0) is 42.5 Å². The molecule has 21 heavy (non-hydrogen) atoms. The summed E-state index contributed by atoms with van der Waals surface area (Å²) in [6.07, 6.45) is 0. The molecular weight excluding hydrogens is 288 g/mol. The number of aromatic amines is 1. The fraction of sp³-hybridized carbons (Fsp3) is 0.0667. The predicted octanol–water partition coefficient (Wildman–Crippen LogP) is 3.38. The fourth-order valence-corrected chi connectivity index (χ4v) is 2.07. The molecule has 0 amide bonds. The third kappa shape index (κ3) is 2.68. The van der Waals surface area contributed by atoms with E-state index in [1.54, 1.807) is 19.2 Å². The first-order chi connectivity index (χ1) is 10.2. The largest absolute Gasteiger partial charge is 0.497 e. The zero-order valence-corrected chi connectivity index (χ0v) is 12.1. The van der Waals surface area contributed by atoms with E-state index in [9.17, 15) is 0 Å². The van der Waals surface area contributed by atoms with E-state index >= 15 is 0 Å². The highest BCUT2D eigenvalue weighted by molar-refractivity contribution is 6.33. The van der Waals surface area contributed by atoms with Gasteiger partial charge in [0.05, 0.1) is 17.8 Å². The van der Waals surface area contributed by atoms with Crippen LogP contribution in [0.2, 0.25) is 5.02 Å². The number of anilines is 1. The van der Waals surface area contributed by atoms with Crippen LogP contribution in [0.3, 0.4) is 0 Å². The summed E-state index contributed by atoms with van der Waals surface area (Å²) in [5, 5.41) is 7.64.